The molecule has 0 aliphatic rings. The zero-order valence-corrected chi connectivity index (χ0v) is 23.1. The van der Waals surface area contributed by atoms with Crippen molar-refractivity contribution in [3.63, 3.8) is 0 Å². The summed E-state index contributed by atoms with van der Waals surface area (Å²) >= 11 is 0. The highest BCUT2D eigenvalue weighted by Gasteiger charge is 2.22. The number of nitrogens with zero attached hydrogens (tertiary/aromatic N) is 3. The van der Waals surface area contributed by atoms with Crippen LogP contribution in [0.4, 0.5) is 11.9 Å². The molecule has 0 aliphatic carbocycles. The highest BCUT2D eigenvalue weighted by molar-refractivity contribution is 5.98. The van der Waals surface area contributed by atoms with E-state index in [1.165, 1.54) is 37.1 Å². The number of nitrogens with one attached hydrogen (secondary N) is 2. The Kier molecular flexibility index (Phi) is 9.04. The number of anilines is 2. The molecule has 4 rings (SSSR count). The van der Waals surface area contributed by atoms with E-state index in [1.807, 2.05) is 0 Å². The highest BCUT2D eigenvalue weighted by atomic mass is 16.5. The number of aryl methyl sites for hydroxylation is 2. The summed E-state index contributed by atoms with van der Waals surface area (Å²) in [6.07, 6.45) is 1.96. The number of rotatable bonds is 12. The molecule has 0 aliphatic heterocycles. The molecule has 0 spiro atoms. The van der Waals surface area contributed by atoms with Gasteiger partial charge in [-0.25, -0.2) is 0 Å². The van der Waals surface area contributed by atoms with Crippen molar-refractivity contribution in [1.82, 2.24) is 14.8 Å². The SMILES string of the molecule is CCc1ccc(CNc2nc(NCc3ccc(CC)cc3)n(C(=O)c3cc(OC)c(OC)c(OC)c3)n2)cc1. The molecule has 9 heteroatoms. The second-order valence-corrected chi connectivity index (χ2v) is 8.94. The lowest BCUT2D eigenvalue weighted by Gasteiger charge is -2.14. The van der Waals surface area contributed by atoms with Crippen molar-refractivity contribution in [2.45, 2.75) is 39.8 Å². The third-order valence-corrected chi connectivity index (χ3v) is 6.47. The van der Waals surface area contributed by atoms with E-state index < -0.39 is 5.91 Å². The molecule has 0 amide bonds. The van der Waals surface area contributed by atoms with Crippen molar-refractivity contribution in [1.29, 1.82) is 0 Å². The molecule has 39 heavy (non-hydrogen) atoms. The Bertz CT molecular complexity index is 1370. The van der Waals surface area contributed by atoms with Gasteiger partial charge >= 0.3 is 0 Å². The fourth-order valence-electron chi connectivity index (χ4n) is 4.12. The van der Waals surface area contributed by atoms with E-state index >= 15 is 0 Å². The number of carbonyl (C=O) groups is 1. The third kappa shape index (κ3) is 6.49. The quantitative estimate of drug-likeness (QED) is 0.254. The second-order valence-electron chi connectivity index (χ2n) is 8.94. The summed E-state index contributed by atoms with van der Waals surface area (Å²) in [5.74, 6) is 1.40. The number of benzene rings is 3. The number of hydrogen-bond acceptors (Lipinski definition) is 8. The van der Waals surface area contributed by atoms with Crippen molar-refractivity contribution < 1.29 is 19.0 Å². The van der Waals surface area contributed by atoms with E-state index in [-0.39, 0.29) is 0 Å². The van der Waals surface area contributed by atoms with Gasteiger partial charge in [0.2, 0.25) is 17.6 Å². The van der Waals surface area contributed by atoms with Crippen LogP contribution in [0.15, 0.2) is 60.7 Å². The maximum atomic E-state index is 13.7. The molecule has 9 nitrogen and oxygen atoms in total. The van der Waals surface area contributed by atoms with Gasteiger partial charge in [0, 0.05) is 18.7 Å². The molecule has 2 N–H and O–H groups in total. The van der Waals surface area contributed by atoms with Crippen LogP contribution in [0.1, 0.15) is 46.5 Å². The molecule has 0 radical (unpaired) electrons. The number of hydrogen-bond donors (Lipinski definition) is 2. The molecule has 204 valence electrons. The van der Waals surface area contributed by atoms with Crippen LogP contribution in [-0.2, 0) is 25.9 Å². The molecule has 0 atom stereocenters. The van der Waals surface area contributed by atoms with Gasteiger partial charge in [0.1, 0.15) is 0 Å². The minimum Gasteiger partial charge on any atom is -0.493 e. The normalized spacial score (nSPS) is 10.7. The topological polar surface area (TPSA) is 99.5 Å². The molecule has 0 saturated heterocycles. The smallest absolute Gasteiger partial charge is 0.281 e. The molecule has 0 unspecified atom stereocenters. The largest absolute Gasteiger partial charge is 0.493 e. The molecule has 0 saturated carbocycles. The predicted octanol–water partition coefficient (Wildman–Crippen LogP) is 5.34. The maximum absolute atomic E-state index is 13.7. The first-order valence-corrected chi connectivity index (χ1v) is 12.9. The number of methoxy groups -OCH3 is 3. The lowest BCUT2D eigenvalue weighted by molar-refractivity contribution is 0.0946. The van der Waals surface area contributed by atoms with Crippen LogP contribution in [0.5, 0.6) is 17.2 Å². The predicted molar refractivity (Wildman–Crippen MR) is 152 cm³/mol. The zero-order valence-electron chi connectivity index (χ0n) is 23.1. The van der Waals surface area contributed by atoms with Gasteiger partial charge in [0.15, 0.2) is 11.5 Å². The zero-order chi connectivity index (χ0) is 27.8. The van der Waals surface area contributed by atoms with Gasteiger partial charge in [-0.3, -0.25) is 4.79 Å². The average Bonchev–Trinajstić information content (AvgIpc) is 3.41. The van der Waals surface area contributed by atoms with Gasteiger partial charge < -0.3 is 24.8 Å². The van der Waals surface area contributed by atoms with E-state index in [0.717, 1.165) is 24.0 Å². The molecular weight excluding hydrogens is 494 g/mol. The summed E-state index contributed by atoms with van der Waals surface area (Å²) in [6.45, 7) is 5.24. The summed E-state index contributed by atoms with van der Waals surface area (Å²) in [5.41, 5.74) is 5.00. The first kappa shape index (κ1) is 27.5. The Morgan fingerprint density at radius 1 is 0.744 bits per heavy atom. The number of aromatic nitrogens is 3. The highest BCUT2D eigenvalue weighted by Crippen LogP contribution is 2.38. The fourth-order valence-corrected chi connectivity index (χ4v) is 4.12. The summed E-state index contributed by atoms with van der Waals surface area (Å²) in [6, 6.07) is 19.9. The van der Waals surface area contributed by atoms with Gasteiger partial charge in [-0.1, -0.05) is 62.4 Å². The van der Waals surface area contributed by atoms with Crippen molar-refractivity contribution in [3.05, 3.63) is 88.5 Å². The van der Waals surface area contributed by atoms with E-state index in [0.29, 0.717) is 47.8 Å². The summed E-state index contributed by atoms with van der Waals surface area (Å²) in [5, 5.41) is 11.0. The van der Waals surface area contributed by atoms with Crippen molar-refractivity contribution in [2.75, 3.05) is 32.0 Å². The number of ether oxygens (including phenoxy) is 3. The Morgan fingerprint density at radius 2 is 1.23 bits per heavy atom. The average molecular weight is 530 g/mol. The molecule has 0 fully saturated rings. The van der Waals surface area contributed by atoms with Crippen LogP contribution < -0.4 is 24.8 Å². The van der Waals surface area contributed by atoms with Gasteiger partial charge in [0.25, 0.3) is 5.91 Å². The van der Waals surface area contributed by atoms with E-state index in [4.69, 9.17) is 14.2 Å². The first-order chi connectivity index (χ1) is 19.0. The molecule has 1 heterocycles. The molecular formula is C30H35N5O4. The van der Waals surface area contributed by atoms with E-state index in [2.05, 4.69) is 83.1 Å². The van der Waals surface area contributed by atoms with Gasteiger partial charge in [-0.15, -0.1) is 5.10 Å². The van der Waals surface area contributed by atoms with Gasteiger partial charge in [-0.2, -0.15) is 9.67 Å². The Hall–Kier alpha value is -4.53. The van der Waals surface area contributed by atoms with Crippen LogP contribution in [0.3, 0.4) is 0 Å². The summed E-state index contributed by atoms with van der Waals surface area (Å²) in [4.78, 5) is 18.3. The standard InChI is InChI=1S/C30H35N5O4/c1-6-20-8-12-22(13-9-20)18-31-29-33-30(32-19-23-14-10-21(7-2)11-15-23)35(34-29)28(36)24-16-25(37-3)27(39-5)26(17-24)38-4/h8-17H,6-7,18-19H2,1-5H3,(H2,31,32,33,34). The Morgan fingerprint density at radius 3 is 1.69 bits per heavy atom. The Balaban J connectivity index is 1.63. The van der Waals surface area contributed by atoms with Crippen LogP contribution in [-0.4, -0.2) is 42.0 Å². The monoisotopic (exact) mass is 529 g/mol. The lowest BCUT2D eigenvalue weighted by Crippen LogP contribution is -2.18. The van der Waals surface area contributed by atoms with Crippen LogP contribution in [0.25, 0.3) is 0 Å². The van der Waals surface area contributed by atoms with Crippen molar-refractivity contribution in [3.8, 4) is 17.2 Å². The maximum Gasteiger partial charge on any atom is 0.281 e. The van der Waals surface area contributed by atoms with Crippen LogP contribution in [0.2, 0.25) is 0 Å². The third-order valence-electron chi connectivity index (χ3n) is 6.47. The first-order valence-electron chi connectivity index (χ1n) is 12.9. The molecule has 1 aromatic heterocycles. The van der Waals surface area contributed by atoms with E-state index in [1.54, 1.807) is 12.1 Å². The second kappa shape index (κ2) is 12.8. The number of carbonyl (C=O) groups excluding carboxylic acids is 1. The molecule has 3 aromatic carbocycles. The Labute approximate surface area is 229 Å². The van der Waals surface area contributed by atoms with Crippen molar-refractivity contribution in [2.24, 2.45) is 0 Å². The minimum absolute atomic E-state index is 0.312. The summed E-state index contributed by atoms with van der Waals surface area (Å²) < 4.78 is 17.5. The fraction of sp³-hybridized carbons (Fsp3) is 0.300. The van der Waals surface area contributed by atoms with Crippen LogP contribution >= 0.6 is 0 Å². The van der Waals surface area contributed by atoms with Gasteiger partial charge in [0.05, 0.1) is 21.3 Å². The summed E-state index contributed by atoms with van der Waals surface area (Å²) in [7, 11) is 4.53. The molecule has 0 bridgehead atoms. The van der Waals surface area contributed by atoms with E-state index in [9.17, 15) is 4.79 Å². The van der Waals surface area contributed by atoms with Gasteiger partial charge in [-0.05, 0) is 47.2 Å². The van der Waals surface area contributed by atoms with Crippen molar-refractivity contribution >= 4 is 17.8 Å². The van der Waals surface area contributed by atoms with Crippen LogP contribution in [0, 0.1) is 0 Å². The molecule has 4 aromatic rings. The lowest BCUT2D eigenvalue weighted by atomic mass is 10.1. The minimum atomic E-state index is -0.397.